The highest BCUT2D eigenvalue weighted by Gasteiger charge is 2.33. The molecule has 0 aliphatic carbocycles. The molecule has 0 radical (unpaired) electrons. The van der Waals surface area contributed by atoms with Gasteiger partial charge < -0.3 is 14.0 Å². The van der Waals surface area contributed by atoms with Gasteiger partial charge in [0.1, 0.15) is 22.8 Å². The smallest absolute Gasteiger partial charge is 0.413 e. The van der Waals surface area contributed by atoms with Gasteiger partial charge >= 0.3 is 12.1 Å². The van der Waals surface area contributed by atoms with Crippen LogP contribution in [0.1, 0.15) is 66.4 Å². The molecule has 0 spiro atoms. The van der Waals surface area contributed by atoms with Gasteiger partial charge in [0.2, 0.25) is 0 Å². The van der Waals surface area contributed by atoms with E-state index in [9.17, 15) is 9.59 Å². The van der Waals surface area contributed by atoms with Crippen molar-refractivity contribution in [3.8, 4) is 11.4 Å². The maximum Gasteiger partial charge on any atom is 0.413 e. The van der Waals surface area contributed by atoms with E-state index in [0.717, 1.165) is 47.7 Å². The molecule has 0 aliphatic rings. The highest BCUT2D eigenvalue weighted by molar-refractivity contribution is 8.01. The number of amides is 1. The number of aromatic nitrogens is 2. The fourth-order valence-electron chi connectivity index (χ4n) is 3.68. The Morgan fingerprint density at radius 2 is 1.66 bits per heavy atom. The number of aryl methyl sites for hydroxylation is 1. The minimum atomic E-state index is -0.732. The normalized spacial score (nSPS) is 11.7. The molecule has 0 bridgehead atoms. The number of anilines is 1. The molecule has 8 heteroatoms. The van der Waals surface area contributed by atoms with E-state index in [-0.39, 0.29) is 12.6 Å². The Morgan fingerprint density at radius 3 is 2.29 bits per heavy atom. The number of nitrogens with one attached hydrogen (secondary N) is 1. The molecule has 7 nitrogen and oxygen atoms in total. The topological polar surface area (TPSA) is 82.5 Å². The van der Waals surface area contributed by atoms with Gasteiger partial charge in [0, 0.05) is 23.2 Å². The number of carbonyl (C=O) groups excluding carboxylic acids is 2. The molecule has 38 heavy (non-hydrogen) atoms. The van der Waals surface area contributed by atoms with E-state index in [1.54, 1.807) is 0 Å². The average Bonchev–Trinajstić information content (AvgIpc) is 3.25. The van der Waals surface area contributed by atoms with Crippen LogP contribution in [0.5, 0.6) is 0 Å². The van der Waals surface area contributed by atoms with Gasteiger partial charge in [0.15, 0.2) is 5.82 Å². The van der Waals surface area contributed by atoms with E-state index in [4.69, 9.17) is 14.5 Å². The highest BCUT2D eigenvalue weighted by atomic mass is 32.2. The summed E-state index contributed by atoms with van der Waals surface area (Å²) in [5.41, 5.74) is 1.31. The van der Waals surface area contributed by atoms with E-state index < -0.39 is 16.4 Å². The van der Waals surface area contributed by atoms with Crippen molar-refractivity contribution in [2.75, 3.05) is 5.32 Å². The molecule has 1 amide bonds. The van der Waals surface area contributed by atoms with Gasteiger partial charge in [-0.3, -0.25) is 10.1 Å². The maximum absolute atomic E-state index is 12.7. The number of benzene rings is 2. The second kappa shape index (κ2) is 13.0. The van der Waals surface area contributed by atoms with Crippen molar-refractivity contribution in [3.63, 3.8) is 0 Å². The van der Waals surface area contributed by atoms with Crippen molar-refractivity contribution in [2.24, 2.45) is 0 Å². The Bertz CT molecular complexity index is 1200. The van der Waals surface area contributed by atoms with E-state index in [0.29, 0.717) is 5.82 Å². The van der Waals surface area contributed by atoms with E-state index in [1.807, 2.05) is 95.4 Å². The molecule has 0 fully saturated rings. The molecule has 3 rings (SSSR count). The van der Waals surface area contributed by atoms with Gasteiger partial charge in [0.25, 0.3) is 0 Å². The predicted octanol–water partition coefficient (Wildman–Crippen LogP) is 7.70. The van der Waals surface area contributed by atoms with Crippen LogP contribution in [-0.2, 0) is 27.4 Å². The first-order chi connectivity index (χ1) is 18.0. The van der Waals surface area contributed by atoms with E-state index in [1.165, 1.54) is 11.8 Å². The molecular weight excluding hydrogens is 498 g/mol. The third-order valence-corrected chi connectivity index (χ3v) is 6.78. The number of esters is 1. The minimum Gasteiger partial charge on any atom is -0.459 e. The number of carbonyl (C=O) groups is 2. The molecular formula is C30H39N3O4S. The second-order valence-corrected chi connectivity index (χ2v) is 12.4. The largest absolute Gasteiger partial charge is 0.459 e. The molecule has 1 N–H and O–H groups in total. The van der Waals surface area contributed by atoms with Crippen molar-refractivity contribution in [3.05, 3.63) is 66.4 Å². The Morgan fingerprint density at radius 1 is 0.974 bits per heavy atom. The summed E-state index contributed by atoms with van der Waals surface area (Å²) in [5, 5.41) is 2.76. The number of rotatable bonds is 11. The monoisotopic (exact) mass is 537 g/mol. The standard InChI is InChI=1S/C30H39N3O4S/c1-7-8-12-19-33-20-25(32-28(35)36-21-22-13-10-9-11-14-22)31-26(33)23-15-17-24(18-16-23)38-30(5,6)27(34)37-29(2,3)4/h9-11,13-18,20H,7-8,12,19,21H2,1-6H3,(H,32,35). The molecule has 0 saturated heterocycles. The highest BCUT2D eigenvalue weighted by Crippen LogP contribution is 2.35. The summed E-state index contributed by atoms with van der Waals surface area (Å²) in [5.74, 6) is 0.960. The Labute approximate surface area is 230 Å². The molecule has 0 aliphatic heterocycles. The van der Waals surface area contributed by atoms with Gasteiger partial charge in [-0.15, -0.1) is 11.8 Å². The van der Waals surface area contributed by atoms with Crippen molar-refractivity contribution >= 4 is 29.6 Å². The van der Waals surface area contributed by atoms with E-state index >= 15 is 0 Å². The van der Waals surface area contributed by atoms with Gasteiger partial charge in [-0.1, -0.05) is 62.2 Å². The maximum atomic E-state index is 12.7. The van der Waals surface area contributed by atoms with Crippen molar-refractivity contribution in [2.45, 2.75) is 89.2 Å². The molecule has 3 aromatic rings. The van der Waals surface area contributed by atoms with Crippen LogP contribution in [0.3, 0.4) is 0 Å². The van der Waals surface area contributed by atoms with Gasteiger partial charge in [-0.2, -0.15) is 0 Å². The number of ether oxygens (including phenoxy) is 2. The fraction of sp³-hybridized carbons (Fsp3) is 0.433. The molecule has 0 saturated carbocycles. The Hall–Kier alpha value is -3.26. The average molecular weight is 538 g/mol. The van der Waals surface area contributed by atoms with Crippen LogP contribution < -0.4 is 5.32 Å². The minimum absolute atomic E-state index is 0.190. The first kappa shape index (κ1) is 29.3. The first-order valence-corrected chi connectivity index (χ1v) is 13.9. The number of hydrogen-bond donors (Lipinski definition) is 1. The molecule has 1 aromatic heterocycles. The van der Waals surface area contributed by atoms with Crippen molar-refractivity contribution in [1.29, 1.82) is 0 Å². The number of nitrogens with zero attached hydrogens (tertiary/aromatic N) is 2. The van der Waals surface area contributed by atoms with Crippen LogP contribution in [0.4, 0.5) is 10.6 Å². The van der Waals surface area contributed by atoms with Gasteiger partial charge in [-0.05, 0) is 58.7 Å². The lowest BCUT2D eigenvalue weighted by Gasteiger charge is -2.28. The Kier molecular flexibility index (Phi) is 10.0. The quantitative estimate of drug-likeness (QED) is 0.153. The number of hydrogen-bond acceptors (Lipinski definition) is 6. The third kappa shape index (κ3) is 8.94. The summed E-state index contributed by atoms with van der Waals surface area (Å²) in [6.07, 6.45) is 4.53. The first-order valence-electron chi connectivity index (χ1n) is 13.0. The molecule has 1 heterocycles. The zero-order valence-electron chi connectivity index (χ0n) is 23.2. The lowest BCUT2D eigenvalue weighted by atomic mass is 10.1. The summed E-state index contributed by atoms with van der Waals surface area (Å²) < 4.78 is 12.3. The zero-order chi connectivity index (χ0) is 27.8. The second-order valence-electron chi connectivity index (χ2n) is 10.7. The van der Waals surface area contributed by atoms with Crippen LogP contribution in [0, 0.1) is 0 Å². The Balaban J connectivity index is 1.72. The number of thioether (sulfide) groups is 1. The lowest BCUT2D eigenvalue weighted by Crippen LogP contribution is -2.36. The van der Waals surface area contributed by atoms with Gasteiger partial charge in [0.05, 0.1) is 0 Å². The summed E-state index contributed by atoms with van der Waals surface area (Å²) in [4.78, 5) is 30.7. The number of imidazole rings is 1. The predicted molar refractivity (Wildman–Crippen MR) is 153 cm³/mol. The van der Waals surface area contributed by atoms with Crippen LogP contribution in [-0.4, -0.2) is 32.0 Å². The van der Waals surface area contributed by atoms with Crippen LogP contribution >= 0.6 is 11.8 Å². The number of unbranched alkanes of at least 4 members (excludes halogenated alkanes) is 2. The zero-order valence-corrected chi connectivity index (χ0v) is 24.1. The summed E-state index contributed by atoms with van der Waals surface area (Å²) in [6.45, 7) is 12.5. The van der Waals surface area contributed by atoms with Crippen LogP contribution in [0.15, 0.2) is 65.7 Å². The fourth-order valence-corrected chi connectivity index (χ4v) is 4.67. The van der Waals surface area contributed by atoms with E-state index in [2.05, 4.69) is 16.8 Å². The van der Waals surface area contributed by atoms with Crippen molar-refractivity contribution in [1.82, 2.24) is 9.55 Å². The molecule has 2 aromatic carbocycles. The molecule has 204 valence electrons. The molecule has 0 unspecified atom stereocenters. The summed E-state index contributed by atoms with van der Waals surface area (Å²) in [6, 6.07) is 17.5. The SMILES string of the molecule is CCCCCn1cc(NC(=O)OCc2ccccc2)nc1-c1ccc(SC(C)(C)C(=O)OC(C)(C)C)cc1. The summed E-state index contributed by atoms with van der Waals surface area (Å²) >= 11 is 1.46. The van der Waals surface area contributed by atoms with Crippen LogP contribution in [0.25, 0.3) is 11.4 Å². The van der Waals surface area contributed by atoms with Crippen LogP contribution in [0.2, 0.25) is 0 Å². The van der Waals surface area contributed by atoms with Crippen molar-refractivity contribution < 1.29 is 19.1 Å². The third-order valence-electron chi connectivity index (χ3n) is 5.60. The molecule has 0 atom stereocenters. The van der Waals surface area contributed by atoms with Gasteiger partial charge in [-0.25, -0.2) is 9.78 Å². The summed E-state index contributed by atoms with van der Waals surface area (Å²) in [7, 11) is 0. The lowest BCUT2D eigenvalue weighted by molar-refractivity contribution is -0.156.